The number of nitrogens with one attached hydrogen (secondary N) is 1. The molecule has 0 atom stereocenters. The van der Waals surface area contributed by atoms with Crippen LogP contribution in [0.4, 0.5) is 10.7 Å². The van der Waals surface area contributed by atoms with E-state index in [-0.39, 0.29) is 18.4 Å². The van der Waals surface area contributed by atoms with Crippen LogP contribution in [0.5, 0.6) is 0 Å². The first-order chi connectivity index (χ1) is 6.86. The Balaban J connectivity index is 3.05. The lowest BCUT2D eigenvalue weighted by atomic mass is 10.1. The van der Waals surface area contributed by atoms with Gasteiger partial charge in [-0.1, -0.05) is 0 Å². The van der Waals surface area contributed by atoms with Crippen LogP contribution in [0, 0.1) is 0 Å². The molecule has 15 heavy (non-hydrogen) atoms. The Bertz CT molecular complexity index is 355. The molecule has 1 aromatic rings. The van der Waals surface area contributed by atoms with Gasteiger partial charge in [-0.3, -0.25) is 0 Å². The van der Waals surface area contributed by atoms with Gasteiger partial charge >= 0.3 is 6.09 Å². The van der Waals surface area contributed by atoms with E-state index in [2.05, 4.69) is 15.2 Å². The summed E-state index contributed by atoms with van der Waals surface area (Å²) in [5, 5.41) is 25.0. The summed E-state index contributed by atoms with van der Waals surface area (Å²) < 4.78 is 0. The predicted octanol–water partition coefficient (Wildman–Crippen LogP) is 0.580. The van der Waals surface area contributed by atoms with Gasteiger partial charge in [0.15, 0.2) is 5.82 Å². The zero-order valence-electron chi connectivity index (χ0n) is 8.85. The summed E-state index contributed by atoms with van der Waals surface area (Å²) in [6.07, 6.45) is -1.12. The van der Waals surface area contributed by atoms with Gasteiger partial charge in [0.25, 0.3) is 0 Å². The third kappa shape index (κ3) is 2.44. The minimum atomic E-state index is -1.12. The average Bonchev–Trinajstić information content (AvgIpc) is 2.49. The van der Waals surface area contributed by atoms with E-state index >= 15 is 0 Å². The molecule has 0 radical (unpaired) electrons. The minimum absolute atomic E-state index is 0.110. The molecule has 1 amide bonds. The van der Waals surface area contributed by atoms with Crippen LogP contribution < -0.4 is 4.90 Å². The molecule has 0 aliphatic carbocycles. The molecule has 7 heteroatoms. The van der Waals surface area contributed by atoms with E-state index in [0.717, 1.165) is 4.90 Å². The number of H-pyrrole nitrogens is 1. The summed E-state index contributed by atoms with van der Waals surface area (Å²) in [5.41, 5.74) is -0.627. The number of anilines is 1. The summed E-state index contributed by atoms with van der Waals surface area (Å²) in [5.74, 6) is 0.347. The van der Waals surface area contributed by atoms with Gasteiger partial charge < -0.3 is 15.2 Å². The third-order valence-corrected chi connectivity index (χ3v) is 1.75. The summed E-state index contributed by atoms with van der Waals surface area (Å²) >= 11 is 0. The third-order valence-electron chi connectivity index (χ3n) is 1.75. The second-order valence-corrected chi connectivity index (χ2v) is 4.04. The maximum atomic E-state index is 11.0. The zero-order chi connectivity index (χ0) is 11.6. The van der Waals surface area contributed by atoms with E-state index in [1.165, 1.54) is 0 Å². The fourth-order valence-electron chi connectivity index (χ4n) is 1.15. The number of carbonyl (C=O) groups is 1. The van der Waals surface area contributed by atoms with E-state index in [1.54, 1.807) is 20.8 Å². The number of hydrogen-bond donors (Lipinski definition) is 3. The largest absolute Gasteiger partial charge is 0.465 e. The van der Waals surface area contributed by atoms with Gasteiger partial charge in [-0.2, -0.15) is 0 Å². The maximum Gasteiger partial charge on any atom is 0.414 e. The molecule has 0 spiro atoms. The molecular formula is C8H14N4O3. The SMILES string of the molecule is CC(C)(C)N(C(=O)O)c1nnc(CO)[nH]1. The van der Waals surface area contributed by atoms with Crippen molar-refractivity contribution in [3.63, 3.8) is 0 Å². The number of aromatic nitrogens is 3. The van der Waals surface area contributed by atoms with Crippen LogP contribution >= 0.6 is 0 Å². The lowest BCUT2D eigenvalue weighted by Gasteiger charge is -2.30. The number of aromatic amines is 1. The number of nitrogens with zero attached hydrogens (tertiary/aromatic N) is 3. The quantitative estimate of drug-likeness (QED) is 0.668. The Hall–Kier alpha value is -1.63. The highest BCUT2D eigenvalue weighted by Crippen LogP contribution is 2.19. The topological polar surface area (TPSA) is 102 Å². The van der Waals surface area contributed by atoms with Gasteiger partial charge in [-0.15, -0.1) is 10.2 Å². The molecular weight excluding hydrogens is 200 g/mol. The minimum Gasteiger partial charge on any atom is -0.465 e. The highest BCUT2D eigenvalue weighted by molar-refractivity contribution is 5.84. The normalized spacial score (nSPS) is 11.5. The second-order valence-electron chi connectivity index (χ2n) is 4.04. The first-order valence-electron chi connectivity index (χ1n) is 4.42. The molecule has 0 unspecified atom stereocenters. The Kier molecular flexibility index (Phi) is 2.94. The van der Waals surface area contributed by atoms with Crippen molar-refractivity contribution in [2.75, 3.05) is 4.90 Å². The molecule has 0 saturated carbocycles. The van der Waals surface area contributed by atoms with Crippen LogP contribution in [0.2, 0.25) is 0 Å². The van der Waals surface area contributed by atoms with E-state index < -0.39 is 11.6 Å². The number of aliphatic hydroxyl groups is 1. The van der Waals surface area contributed by atoms with Gasteiger partial charge in [0.1, 0.15) is 6.61 Å². The monoisotopic (exact) mass is 214 g/mol. The molecule has 1 rings (SSSR count). The lowest BCUT2D eigenvalue weighted by molar-refractivity contribution is 0.195. The van der Waals surface area contributed by atoms with E-state index in [0.29, 0.717) is 0 Å². The molecule has 0 aromatic carbocycles. The van der Waals surface area contributed by atoms with Crippen LogP contribution in [0.3, 0.4) is 0 Å². The fourth-order valence-corrected chi connectivity index (χ4v) is 1.15. The Morgan fingerprint density at radius 2 is 2.07 bits per heavy atom. The van der Waals surface area contributed by atoms with Crippen LogP contribution in [0.1, 0.15) is 26.6 Å². The fraction of sp³-hybridized carbons (Fsp3) is 0.625. The number of hydrogen-bond acceptors (Lipinski definition) is 4. The predicted molar refractivity (Wildman–Crippen MR) is 52.6 cm³/mol. The molecule has 0 saturated heterocycles. The summed E-state index contributed by atoms with van der Waals surface area (Å²) in [6, 6.07) is 0. The Morgan fingerprint density at radius 3 is 2.40 bits per heavy atom. The van der Waals surface area contributed by atoms with Gasteiger partial charge in [0.2, 0.25) is 5.95 Å². The second kappa shape index (κ2) is 3.85. The highest BCUT2D eigenvalue weighted by Gasteiger charge is 2.30. The molecule has 84 valence electrons. The van der Waals surface area contributed by atoms with Crippen molar-refractivity contribution in [2.45, 2.75) is 32.9 Å². The standard InChI is InChI=1S/C8H14N4O3/c1-8(2,3)12(7(14)15)6-9-5(4-13)10-11-6/h13H,4H2,1-3H3,(H,14,15)(H,9,10,11). The van der Waals surface area contributed by atoms with Crippen molar-refractivity contribution in [1.82, 2.24) is 15.2 Å². The first-order valence-corrected chi connectivity index (χ1v) is 4.42. The molecule has 7 nitrogen and oxygen atoms in total. The molecule has 0 aliphatic rings. The van der Waals surface area contributed by atoms with E-state index in [9.17, 15) is 4.79 Å². The number of aliphatic hydroxyl groups excluding tert-OH is 1. The molecule has 3 N–H and O–H groups in total. The number of rotatable bonds is 2. The molecule has 1 heterocycles. The highest BCUT2D eigenvalue weighted by atomic mass is 16.4. The lowest BCUT2D eigenvalue weighted by Crippen LogP contribution is -2.45. The molecule has 0 aliphatic heterocycles. The van der Waals surface area contributed by atoms with Gasteiger partial charge in [-0.25, -0.2) is 9.69 Å². The number of carboxylic acid groups (broad SMARTS) is 1. The van der Waals surface area contributed by atoms with Crippen molar-refractivity contribution in [2.24, 2.45) is 0 Å². The van der Waals surface area contributed by atoms with Crippen molar-refractivity contribution in [3.8, 4) is 0 Å². The van der Waals surface area contributed by atoms with Crippen LogP contribution in [0.15, 0.2) is 0 Å². The van der Waals surface area contributed by atoms with Crippen molar-refractivity contribution < 1.29 is 15.0 Å². The average molecular weight is 214 g/mol. The maximum absolute atomic E-state index is 11.0. The van der Waals surface area contributed by atoms with Crippen molar-refractivity contribution >= 4 is 12.0 Å². The van der Waals surface area contributed by atoms with Gasteiger partial charge in [0, 0.05) is 5.54 Å². The zero-order valence-corrected chi connectivity index (χ0v) is 8.85. The molecule has 0 bridgehead atoms. The summed E-state index contributed by atoms with van der Waals surface area (Å²) in [7, 11) is 0. The van der Waals surface area contributed by atoms with Gasteiger partial charge in [-0.05, 0) is 20.8 Å². The summed E-state index contributed by atoms with van der Waals surface area (Å²) in [4.78, 5) is 14.7. The Morgan fingerprint density at radius 1 is 1.47 bits per heavy atom. The number of amides is 1. The molecule has 1 aromatic heterocycles. The van der Waals surface area contributed by atoms with Crippen LogP contribution in [-0.2, 0) is 6.61 Å². The first kappa shape index (κ1) is 11.4. The molecule has 0 fully saturated rings. The van der Waals surface area contributed by atoms with Gasteiger partial charge in [0.05, 0.1) is 0 Å². The van der Waals surface area contributed by atoms with Crippen LogP contribution in [0.25, 0.3) is 0 Å². The summed E-state index contributed by atoms with van der Waals surface area (Å²) in [6.45, 7) is 4.91. The van der Waals surface area contributed by atoms with Crippen LogP contribution in [-0.4, -0.2) is 37.0 Å². The Labute approximate surface area is 86.7 Å². The van der Waals surface area contributed by atoms with E-state index in [1.807, 2.05) is 0 Å². The van der Waals surface area contributed by atoms with Crippen molar-refractivity contribution in [3.05, 3.63) is 5.82 Å². The van der Waals surface area contributed by atoms with E-state index in [4.69, 9.17) is 10.2 Å². The van der Waals surface area contributed by atoms with Crippen molar-refractivity contribution in [1.29, 1.82) is 0 Å². The smallest absolute Gasteiger partial charge is 0.414 e.